The molecule has 0 spiro atoms. The van der Waals surface area contributed by atoms with Crippen molar-refractivity contribution in [3.63, 3.8) is 0 Å². The summed E-state index contributed by atoms with van der Waals surface area (Å²) in [4.78, 5) is 0.183. The van der Waals surface area contributed by atoms with Crippen LogP contribution in [0.2, 0.25) is 0 Å². The van der Waals surface area contributed by atoms with E-state index in [1.165, 1.54) is 12.1 Å². The first-order valence-corrected chi connectivity index (χ1v) is 6.03. The standard InChI is InChI=1S/C7H8O3S.CH2Cl2/c1-10-11(8,9)7-5-3-2-4-6-7;2-1-3/h2-6H,1H3;1H2. The smallest absolute Gasteiger partial charge is 0.270 e. The van der Waals surface area contributed by atoms with Gasteiger partial charge in [0.2, 0.25) is 0 Å². The molecule has 0 aliphatic rings. The van der Waals surface area contributed by atoms with E-state index in [0.29, 0.717) is 0 Å². The van der Waals surface area contributed by atoms with E-state index in [2.05, 4.69) is 4.18 Å². The fourth-order valence-electron chi connectivity index (χ4n) is 0.683. The molecule has 0 radical (unpaired) electrons. The Bertz CT molecular complexity index is 337. The lowest BCUT2D eigenvalue weighted by atomic mass is 10.4. The summed E-state index contributed by atoms with van der Waals surface area (Å²) in [5.41, 5.74) is 0. The predicted octanol–water partition coefficient (Wildman–Crippen LogP) is 2.44. The number of rotatable bonds is 2. The Morgan fingerprint density at radius 1 is 1.21 bits per heavy atom. The first-order chi connectivity index (χ1) is 6.58. The minimum atomic E-state index is -3.50. The minimum absolute atomic E-state index is 0.183. The van der Waals surface area contributed by atoms with Gasteiger partial charge in [-0.05, 0) is 12.1 Å². The highest BCUT2D eigenvalue weighted by molar-refractivity contribution is 7.86. The zero-order valence-corrected chi connectivity index (χ0v) is 9.81. The van der Waals surface area contributed by atoms with Crippen molar-refractivity contribution in [1.82, 2.24) is 0 Å². The summed E-state index contributed by atoms with van der Waals surface area (Å²) in [5, 5.41) is 0.194. The topological polar surface area (TPSA) is 43.4 Å². The van der Waals surface area contributed by atoms with E-state index >= 15 is 0 Å². The van der Waals surface area contributed by atoms with E-state index in [0.717, 1.165) is 7.11 Å². The van der Waals surface area contributed by atoms with Crippen LogP contribution in [0.15, 0.2) is 35.2 Å². The summed E-state index contributed by atoms with van der Waals surface area (Å²) < 4.78 is 26.3. The van der Waals surface area contributed by atoms with Crippen LogP contribution in [-0.2, 0) is 14.3 Å². The van der Waals surface area contributed by atoms with Crippen molar-refractivity contribution in [3.05, 3.63) is 30.3 Å². The second-order valence-electron chi connectivity index (χ2n) is 2.03. The molecule has 0 atom stereocenters. The van der Waals surface area contributed by atoms with Crippen molar-refractivity contribution in [2.24, 2.45) is 0 Å². The van der Waals surface area contributed by atoms with Crippen LogP contribution in [0.3, 0.4) is 0 Å². The SMILES string of the molecule is COS(=O)(=O)c1ccccc1.ClCCl. The quantitative estimate of drug-likeness (QED) is 0.603. The Morgan fingerprint density at radius 2 is 1.64 bits per heavy atom. The van der Waals surface area contributed by atoms with Gasteiger partial charge in [-0.3, -0.25) is 4.18 Å². The lowest BCUT2D eigenvalue weighted by molar-refractivity contribution is 0.398. The molecular weight excluding hydrogens is 247 g/mol. The molecule has 0 aromatic heterocycles. The maximum Gasteiger partial charge on any atom is 0.296 e. The van der Waals surface area contributed by atoms with Crippen LogP contribution in [-0.4, -0.2) is 20.9 Å². The van der Waals surface area contributed by atoms with Crippen molar-refractivity contribution in [2.75, 3.05) is 12.4 Å². The second kappa shape index (κ2) is 7.06. The van der Waals surface area contributed by atoms with Gasteiger partial charge in [0.25, 0.3) is 10.1 Å². The van der Waals surface area contributed by atoms with Crippen LogP contribution in [0.4, 0.5) is 0 Å². The number of halogens is 2. The average Bonchev–Trinajstić information content (AvgIpc) is 2.20. The molecule has 0 bridgehead atoms. The zero-order valence-electron chi connectivity index (χ0n) is 7.48. The van der Waals surface area contributed by atoms with Gasteiger partial charge in [-0.1, -0.05) is 18.2 Å². The third-order valence-electron chi connectivity index (χ3n) is 1.25. The normalized spacial score (nSPS) is 10.2. The molecule has 3 nitrogen and oxygen atoms in total. The molecule has 0 fully saturated rings. The minimum Gasteiger partial charge on any atom is -0.270 e. The number of hydrogen-bond donors (Lipinski definition) is 0. The maximum atomic E-state index is 11.0. The summed E-state index contributed by atoms with van der Waals surface area (Å²) >= 11 is 9.53. The maximum absolute atomic E-state index is 11.0. The molecule has 1 aromatic carbocycles. The Hall–Kier alpha value is -0.290. The van der Waals surface area contributed by atoms with E-state index in [4.69, 9.17) is 23.2 Å². The van der Waals surface area contributed by atoms with Crippen molar-refractivity contribution >= 4 is 33.3 Å². The molecule has 0 N–H and O–H groups in total. The Labute approximate surface area is 93.7 Å². The second-order valence-corrected chi connectivity index (χ2v) is 4.56. The van der Waals surface area contributed by atoms with Crippen molar-refractivity contribution < 1.29 is 12.6 Å². The third kappa shape index (κ3) is 4.81. The fraction of sp³-hybridized carbons (Fsp3) is 0.250. The lowest BCUT2D eigenvalue weighted by Gasteiger charge is -1.98. The van der Waals surface area contributed by atoms with Crippen molar-refractivity contribution in [2.45, 2.75) is 4.90 Å². The monoisotopic (exact) mass is 256 g/mol. The van der Waals surface area contributed by atoms with Gasteiger partial charge in [-0.2, -0.15) is 8.42 Å². The molecule has 6 heteroatoms. The summed E-state index contributed by atoms with van der Waals surface area (Å²) in [5.74, 6) is 0. The van der Waals surface area contributed by atoms with Gasteiger partial charge in [-0.25, -0.2) is 0 Å². The highest BCUT2D eigenvalue weighted by Gasteiger charge is 2.10. The molecular formula is C8H10Cl2O3S. The van der Waals surface area contributed by atoms with Gasteiger partial charge >= 0.3 is 0 Å². The summed E-state index contributed by atoms with van der Waals surface area (Å²) in [6.45, 7) is 0. The van der Waals surface area contributed by atoms with Gasteiger partial charge in [0, 0.05) is 0 Å². The fourth-order valence-corrected chi connectivity index (χ4v) is 1.37. The van der Waals surface area contributed by atoms with Crippen LogP contribution >= 0.6 is 23.2 Å². The molecule has 0 unspecified atom stereocenters. The molecule has 0 saturated heterocycles. The highest BCUT2D eigenvalue weighted by atomic mass is 35.5. The van der Waals surface area contributed by atoms with Gasteiger partial charge in [-0.15, -0.1) is 23.2 Å². The van der Waals surface area contributed by atoms with Gasteiger partial charge < -0.3 is 0 Å². The first kappa shape index (κ1) is 13.7. The van der Waals surface area contributed by atoms with Crippen LogP contribution < -0.4 is 0 Å². The largest absolute Gasteiger partial charge is 0.296 e. The zero-order chi connectivity index (χ0) is 11.0. The summed E-state index contributed by atoms with van der Waals surface area (Å²) in [6, 6.07) is 8.00. The third-order valence-corrected chi connectivity index (χ3v) is 2.54. The van der Waals surface area contributed by atoms with Gasteiger partial charge in [0.05, 0.1) is 17.3 Å². The Morgan fingerprint density at radius 3 is 2.00 bits per heavy atom. The molecule has 1 aromatic rings. The van der Waals surface area contributed by atoms with E-state index in [1.807, 2.05) is 0 Å². The summed E-state index contributed by atoms with van der Waals surface area (Å²) in [7, 11) is -2.36. The molecule has 0 heterocycles. The Kier molecular flexibility index (Phi) is 6.92. The van der Waals surface area contributed by atoms with E-state index in [9.17, 15) is 8.42 Å². The molecule has 0 saturated carbocycles. The highest BCUT2D eigenvalue weighted by Crippen LogP contribution is 2.09. The van der Waals surface area contributed by atoms with E-state index in [1.54, 1.807) is 18.2 Å². The number of hydrogen-bond acceptors (Lipinski definition) is 3. The van der Waals surface area contributed by atoms with E-state index < -0.39 is 10.1 Å². The van der Waals surface area contributed by atoms with Crippen LogP contribution in [0.25, 0.3) is 0 Å². The molecule has 14 heavy (non-hydrogen) atoms. The van der Waals surface area contributed by atoms with E-state index in [-0.39, 0.29) is 10.2 Å². The number of benzene rings is 1. The lowest BCUT2D eigenvalue weighted by Crippen LogP contribution is -2.01. The summed E-state index contributed by atoms with van der Waals surface area (Å²) in [6.07, 6.45) is 0. The van der Waals surface area contributed by atoms with Crippen molar-refractivity contribution in [3.8, 4) is 0 Å². The van der Waals surface area contributed by atoms with Crippen molar-refractivity contribution in [1.29, 1.82) is 0 Å². The molecule has 1 rings (SSSR count). The molecule has 0 aliphatic heterocycles. The predicted molar refractivity (Wildman–Crippen MR) is 57.2 cm³/mol. The number of alkyl halides is 2. The Balaban J connectivity index is 0.000000500. The van der Waals surface area contributed by atoms with Crippen LogP contribution in [0.1, 0.15) is 0 Å². The van der Waals surface area contributed by atoms with Gasteiger partial charge in [0.1, 0.15) is 0 Å². The van der Waals surface area contributed by atoms with Gasteiger partial charge in [0.15, 0.2) is 0 Å². The van der Waals surface area contributed by atoms with Crippen LogP contribution in [0, 0.1) is 0 Å². The molecule has 0 amide bonds. The molecule has 0 aliphatic carbocycles. The molecule has 80 valence electrons. The first-order valence-electron chi connectivity index (χ1n) is 3.56. The van der Waals surface area contributed by atoms with Crippen LogP contribution in [0.5, 0.6) is 0 Å². The average molecular weight is 257 g/mol.